The standard InChI is InChI=1S/C19H27BN4O8/c1-19(22,18(29)23-5-14(21)25)8-24-6-9(7-24)32-13-3-2-10(11-4-12(11)20(30)31)16(26)15(13)17(27)28/h2-3,9,11-12,26,30-31H,4-8,22H2,1H3,(H2,21,25)(H,23,29)(H,27,28)/t11-,12-,19?/m1/s1. The van der Waals surface area contributed by atoms with Gasteiger partial charge in [0.1, 0.15) is 28.7 Å². The molecule has 3 rings (SSSR count). The van der Waals surface area contributed by atoms with Crippen molar-refractivity contribution >= 4 is 24.9 Å². The van der Waals surface area contributed by atoms with Gasteiger partial charge in [-0.05, 0) is 30.9 Å². The zero-order valence-corrected chi connectivity index (χ0v) is 17.5. The van der Waals surface area contributed by atoms with E-state index in [2.05, 4.69) is 5.32 Å². The van der Waals surface area contributed by atoms with Gasteiger partial charge in [0.15, 0.2) is 0 Å². The van der Waals surface area contributed by atoms with Gasteiger partial charge in [0, 0.05) is 25.5 Å². The number of primary amides is 1. The zero-order chi connectivity index (χ0) is 23.8. The van der Waals surface area contributed by atoms with Gasteiger partial charge in [0.2, 0.25) is 11.8 Å². The summed E-state index contributed by atoms with van der Waals surface area (Å²) in [5.41, 5.74) is 9.72. The quantitative estimate of drug-likeness (QED) is 0.191. The summed E-state index contributed by atoms with van der Waals surface area (Å²) in [6.45, 7) is 2.14. The lowest BCUT2D eigenvalue weighted by Crippen LogP contribution is -2.64. The second-order valence-electron chi connectivity index (χ2n) is 8.60. The molecule has 1 heterocycles. The van der Waals surface area contributed by atoms with E-state index >= 15 is 0 Å². The predicted octanol–water partition coefficient (Wildman–Crippen LogP) is -2.20. The number of carboxylic acids is 1. The van der Waals surface area contributed by atoms with Gasteiger partial charge in [0.05, 0.1) is 6.54 Å². The Hall–Kier alpha value is -2.87. The molecule has 0 spiro atoms. The first-order valence-electron chi connectivity index (χ1n) is 10.1. The number of aromatic hydroxyl groups is 1. The highest BCUT2D eigenvalue weighted by molar-refractivity contribution is 6.44. The van der Waals surface area contributed by atoms with Crippen molar-refractivity contribution in [2.75, 3.05) is 26.2 Å². The van der Waals surface area contributed by atoms with Gasteiger partial charge < -0.3 is 41.8 Å². The molecule has 2 amide bonds. The van der Waals surface area contributed by atoms with Crippen LogP contribution in [0.25, 0.3) is 0 Å². The third-order valence-corrected chi connectivity index (χ3v) is 5.72. The molecule has 1 saturated heterocycles. The van der Waals surface area contributed by atoms with E-state index in [1.54, 1.807) is 0 Å². The Balaban J connectivity index is 1.60. The number of aromatic carboxylic acids is 1. The molecule has 13 heteroatoms. The van der Waals surface area contributed by atoms with Gasteiger partial charge in [0.25, 0.3) is 0 Å². The fourth-order valence-corrected chi connectivity index (χ4v) is 3.91. The van der Waals surface area contributed by atoms with E-state index in [1.807, 2.05) is 4.90 Å². The SMILES string of the molecule is CC(N)(CN1CC(Oc2ccc([C@H]3C[C@H]3B(O)O)c(O)c2C(=O)O)C1)C(=O)NCC(N)=O. The maximum atomic E-state index is 12.1. The first-order valence-corrected chi connectivity index (χ1v) is 10.1. The Morgan fingerprint density at radius 3 is 2.50 bits per heavy atom. The lowest BCUT2D eigenvalue weighted by molar-refractivity contribution is -0.129. The highest BCUT2D eigenvalue weighted by atomic mass is 16.5. The van der Waals surface area contributed by atoms with Gasteiger partial charge in [-0.1, -0.05) is 6.07 Å². The normalized spacial score (nSPS) is 22.4. The molecule has 2 aliphatic rings. The first-order chi connectivity index (χ1) is 14.9. The lowest BCUT2D eigenvalue weighted by atomic mass is 9.81. The predicted molar refractivity (Wildman–Crippen MR) is 112 cm³/mol. The molecule has 32 heavy (non-hydrogen) atoms. The third-order valence-electron chi connectivity index (χ3n) is 5.72. The lowest BCUT2D eigenvalue weighted by Gasteiger charge is -2.42. The number of carboxylic acid groups (broad SMARTS) is 1. The van der Waals surface area contributed by atoms with Crippen molar-refractivity contribution < 1.29 is 39.4 Å². The highest BCUT2D eigenvalue weighted by Gasteiger charge is 2.48. The van der Waals surface area contributed by atoms with E-state index in [1.165, 1.54) is 19.1 Å². The molecule has 0 radical (unpaired) electrons. The number of carbonyl (C=O) groups excluding carboxylic acids is 2. The molecule has 1 aliphatic heterocycles. The van der Waals surface area contributed by atoms with Crippen LogP contribution in [0.3, 0.4) is 0 Å². The van der Waals surface area contributed by atoms with Crippen molar-refractivity contribution in [3.8, 4) is 11.5 Å². The van der Waals surface area contributed by atoms with Gasteiger partial charge in [-0.2, -0.15) is 0 Å². The summed E-state index contributed by atoms with van der Waals surface area (Å²) < 4.78 is 5.75. The minimum Gasteiger partial charge on any atom is -0.507 e. The number of nitrogens with one attached hydrogen (secondary N) is 1. The number of benzene rings is 1. The van der Waals surface area contributed by atoms with Crippen molar-refractivity contribution in [2.45, 2.75) is 36.7 Å². The van der Waals surface area contributed by atoms with Crippen molar-refractivity contribution in [1.82, 2.24) is 10.2 Å². The Morgan fingerprint density at radius 2 is 1.97 bits per heavy atom. The molecule has 1 unspecified atom stereocenters. The molecule has 1 aliphatic carbocycles. The number of rotatable bonds is 10. The van der Waals surface area contributed by atoms with E-state index in [4.69, 9.17) is 16.2 Å². The molecular formula is C19H27BN4O8. The number of nitrogens with two attached hydrogens (primary N) is 2. The number of phenols is 1. The van der Waals surface area contributed by atoms with Crippen LogP contribution < -0.4 is 21.5 Å². The summed E-state index contributed by atoms with van der Waals surface area (Å²) in [7, 11) is -1.53. The molecule has 2 fully saturated rings. The Kier molecular flexibility index (Phi) is 6.65. The maximum absolute atomic E-state index is 12.1. The number of hydrogen-bond acceptors (Lipinski definition) is 9. The minimum atomic E-state index is -1.53. The highest BCUT2D eigenvalue weighted by Crippen LogP contribution is 2.56. The smallest absolute Gasteiger partial charge is 0.455 e. The third kappa shape index (κ3) is 5.13. The molecule has 1 saturated carbocycles. The van der Waals surface area contributed by atoms with Crippen LogP contribution in [0.15, 0.2) is 12.1 Å². The fourth-order valence-electron chi connectivity index (χ4n) is 3.91. The molecule has 1 aromatic carbocycles. The fraction of sp³-hybridized carbons (Fsp3) is 0.526. The second kappa shape index (κ2) is 8.94. The molecule has 0 bridgehead atoms. The Morgan fingerprint density at radius 1 is 1.31 bits per heavy atom. The van der Waals surface area contributed by atoms with E-state index in [0.717, 1.165) is 0 Å². The summed E-state index contributed by atoms with van der Waals surface area (Å²) in [5, 5.41) is 41.0. The van der Waals surface area contributed by atoms with E-state index in [-0.39, 0.29) is 36.4 Å². The van der Waals surface area contributed by atoms with E-state index < -0.39 is 42.0 Å². The summed E-state index contributed by atoms with van der Waals surface area (Å²) in [4.78, 5) is 36.5. The monoisotopic (exact) mass is 450 g/mol. The van der Waals surface area contributed by atoms with E-state index in [9.17, 15) is 34.6 Å². The van der Waals surface area contributed by atoms with E-state index in [0.29, 0.717) is 25.1 Å². The van der Waals surface area contributed by atoms with Crippen LogP contribution in [0.4, 0.5) is 0 Å². The first kappa shape index (κ1) is 23.8. The molecule has 174 valence electrons. The van der Waals surface area contributed by atoms with Crippen LogP contribution >= 0.6 is 0 Å². The van der Waals surface area contributed by atoms with Crippen LogP contribution in [-0.2, 0) is 9.59 Å². The maximum Gasteiger partial charge on any atom is 0.455 e. The number of ether oxygens (including phenoxy) is 1. The summed E-state index contributed by atoms with van der Waals surface area (Å²) in [6.07, 6.45) is 0.0585. The molecule has 12 nitrogen and oxygen atoms in total. The summed E-state index contributed by atoms with van der Waals surface area (Å²) in [5.74, 6) is -3.79. The average Bonchev–Trinajstić information content (AvgIpc) is 3.44. The number of likely N-dealkylation sites (tertiary alicyclic amines) is 1. The van der Waals surface area contributed by atoms with Crippen LogP contribution in [0.5, 0.6) is 11.5 Å². The van der Waals surface area contributed by atoms with Crippen molar-refractivity contribution in [1.29, 1.82) is 0 Å². The van der Waals surface area contributed by atoms with Gasteiger partial charge in [-0.15, -0.1) is 0 Å². The van der Waals surface area contributed by atoms with Gasteiger partial charge in [-0.25, -0.2) is 4.79 Å². The molecule has 9 N–H and O–H groups in total. The molecule has 1 aromatic rings. The number of amides is 2. The van der Waals surface area contributed by atoms with Gasteiger partial charge in [-0.3, -0.25) is 14.5 Å². The van der Waals surface area contributed by atoms with Crippen LogP contribution in [0, 0.1) is 0 Å². The molecule has 3 atom stereocenters. The Bertz CT molecular complexity index is 919. The number of carbonyl (C=O) groups is 3. The molecular weight excluding hydrogens is 423 g/mol. The number of nitrogens with zero attached hydrogens (tertiary/aromatic N) is 1. The van der Waals surface area contributed by atoms with Crippen LogP contribution in [0.2, 0.25) is 5.82 Å². The largest absolute Gasteiger partial charge is 0.507 e. The van der Waals surface area contributed by atoms with Crippen molar-refractivity contribution in [2.24, 2.45) is 11.5 Å². The summed E-state index contributed by atoms with van der Waals surface area (Å²) >= 11 is 0. The van der Waals surface area contributed by atoms with Crippen LogP contribution in [-0.4, -0.2) is 87.9 Å². The van der Waals surface area contributed by atoms with Crippen LogP contribution in [0.1, 0.15) is 35.2 Å². The Labute approximate surface area is 184 Å². The number of hydrogen-bond donors (Lipinski definition) is 7. The van der Waals surface area contributed by atoms with Gasteiger partial charge >= 0.3 is 13.1 Å². The second-order valence-corrected chi connectivity index (χ2v) is 8.60. The minimum absolute atomic E-state index is 0.000131. The van der Waals surface area contributed by atoms with Crippen molar-refractivity contribution in [3.63, 3.8) is 0 Å². The van der Waals surface area contributed by atoms with Crippen molar-refractivity contribution in [3.05, 3.63) is 23.3 Å². The summed E-state index contributed by atoms with van der Waals surface area (Å²) in [6, 6.07) is 2.98. The zero-order valence-electron chi connectivity index (χ0n) is 17.5. The topological polar surface area (TPSA) is 209 Å². The average molecular weight is 450 g/mol. The molecule has 0 aromatic heterocycles.